The van der Waals surface area contributed by atoms with Gasteiger partial charge >= 0.3 is 0 Å². The second kappa shape index (κ2) is 6.82. The fourth-order valence-electron chi connectivity index (χ4n) is 6.93. The van der Waals surface area contributed by atoms with E-state index in [0.29, 0.717) is 35.4 Å². The second-order valence-electron chi connectivity index (χ2n) is 9.71. The molecule has 4 nitrogen and oxygen atoms in total. The lowest BCUT2D eigenvalue weighted by molar-refractivity contribution is -0.121. The van der Waals surface area contributed by atoms with Crippen LogP contribution in [0.1, 0.15) is 49.7 Å². The molecule has 0 amide bonds. The first-order valence-corrected chi connectivity index (χ1v) is 11.8. The second-order valence-corrected chi connectivity index (χ2v) is 10.1. The molecule has 0 bridgehead atoms. The molecule has 2 aromatic carbocycles. The van der Waals surface area contributed by atoms with E-state index in [-0.39, 0.29) is 12.0 Å². The van der Waals surface area contributed by atoms with Crippen LogP contribution in [0.2, 0.25) is 5.02 Å². The summed E-state index contributed by atoms with van der Waals surface area (Å²) >= 11 is 6.13. The molecule has 2 heterocycles. The van der Waals surface area contributed by atoms with Crippen LogP contribution in [0.5, 0.6) is 0 Å². The van der Waals surface area contributed by atoms with Crippen molar-refractivity contribution >= 4 is 28.8 Å². The number of nitrogens with zero attached hydrogens (tertiary/aromatic N) is 3. The van der Waals surface area contributed by atoms with Crippen molar-refractivity contribution in [2.75, 3.05) is 11.4 Å². The maximum Gasteiger partial charge on any atom is 0.156 e. The number of hydrogen-bond donors (Lipinski definition) is 0. The quantitative estimate of drug-likeness (QED) is 0.608. The third-order valence-electron chi connectivity index (χ3n) is 8.45. The van der Waals surface area contributed by atoms with Crippen molar-refractivity contribution in [2.24, 2.45) is 5.92 Å². The first-order chi connectivity index (χ1) is 15.0. The van der Waals surface area contributed by atoms with Gasteiger partial charge in [0.2, 0.25) is 0 Å². The maximum absolute atomic E-state index is 13.7. The lowest BCUT2D eigenvalue weighted by Gasteiger charge is -2.36. The molecule has 2 aliphatic carbocycles. The molecule has 5 heteroatoms. The first kappa shape index (κ1) is 19.3. The van der Waals surface area contributed by atoms with E-state index in [4.69, 9.17) is 11.6 Å². The number of hydrogen-bond acceptors (Lipinski definition) is 4. The number of halogens is 1. The van der Waals surface area contributed by atoms with Gasteiger partial charge in [-0.3, -0.25) is 9.69 Å². The van der Waals surface area contributed by atoms with E-state index in [9.17, 15) is 10.1 Å². The molecule has 0 N–H and O–H groups in total. The number of carbonyl (C=O) groups excluding carboxylic acids is 1. The van der Waals surface area contributed by atoms with Gasteiger partial charge in [-0.25, -0.2) is 0 Å². The summed E-state index contributed by atoms with van der Waals surface area (Å²) in [6.07, 6.45) is 5.61. The van der Waals surface area contributed by atoms with Crippen LogP contribution in [0.15, 0.2) is 42.5 Å². The number of benzene rings is 2. The molecule has 2 saturated carbocycles. The van der Waals surface area contributed by atoms with E-state index in [2.05, 4.69) is 34.9 Å². The summed E-state index contributed by atoms with van der Waals surface area (Å²) in [7, 11) is 0. The molecule has 158 valence electrons. The van der Waals surface area contributed by atoms with Crippen molar-refractivity contribution in [3.63, 3.8) is 0 Å². The average molecular weight is 432 g/mol. The summed E-state index contributed by atoms with van der Waals surface area (Å²) in [5, 5.41) is 9.87. The molecule has 31 heavy (non-hydrogen) atoms. The van der Waals surface area contributed by atoms with Crippen molar-refractivity contribution in [1.29, 1.82) is 5.26 Å². The van der Waals surface area contributed by atoms with E-state index in [0.717, 1.165) is 28.4 Å². The molecule has 0 aromatic heterocycles. The average Bonchev–Trinajstić information content (AvgIpc) is 3.18. The maximum atomic E-state index is 13.7. The number of carbonyl (C=O) groups is 1. The number of anilines is 2. The molecular weight excluding hydrogens is 406 g/mol. The molecule has 1 saturated heterocycles. The number of ketones is 1. The van der Waals surface area contributed by atoms with Gasteiger partial charge in [0, 0.05) is 34.0 Å². The topological polar surface area (TPSA) is 47.1 Å². The van der Waals surface area contributed by atoms with Crippen LogP contribution in [0.25, 0.3) is 0 Å². The summed E-state index contributed by atoms with van der Waals surface area (Å²) in [5.41, 5.74) is 4.53. The van der Waals surface area contributed by atoms with Gasteiger partial charge < -0.3 is 4.90 Å². The highest BCUT2D eigenvalue weighted by atomic mass is 35.5. The van der Waals surface area contributed by atoms with Crippen molar-refractivity contribution < 1.29 is 4.79 Å². The summed E-state index contributed by atoms with van der Waals surface area (Å²) in [6.45, 7) is 2.72. The first-order valence-electron chi connectivity index (χ1n) is 11.4. The molecule has 1 spiro atoms. The summed E-state index contributed by atoms with van der Waals surface area (Å²) in [4.78, 5) is 18.4. The minimum atomic E-state index is -0.155. The van der Waals surface area contributed by atoms with Gasteiger partial charge in [-0.2, -0.15) is 5.26 Å². The van der Waals surface area contributed by atoms with Gasteiger partial charge in [0.15, 0.2) is 5.78 Å². The fraction of sp³-hybridized carbons (Fsp3) is 0.462. The normalized spacial score (nSPS) is 34.4. The van der Waals surface area contributed by atoms with Crippen molar-refractivity contribution in [3.05, 3.63) is 58.6 Å². The van der Waals surface area contributed by atoms with Crippen LogP contribution in [-0.2, 0) is 11.2 Å². The Bertz CT molecular complexity index is 1110. The Morgan fingerprint density at radius 1 is 1.19 bits per heavy atom. The Morgan fingerprint density at radius 3 is 2.68 bits per heavy atom. The van der Waals surface area contributed by atoms with Crippen molar-refractivity contribution in [3.8, 4) is 6.07 Å². The summed E-state index contributed by atoms with van der Waals surface area (Å²) in [5.74, 6) is 1.00. The largest absolute Gasteiger partial charge is 0.337 e. The van der Waals surface area contributed by atoms with Gasteiger partial charge in [-0.15, -0.1) is 0 Å². The molecule has 2 aromatic rings. The van der Waals surface area contributed by atoms with E-state index >= 15 is 0 Å². The highest BCUT2D eigenvalue weighted by molar-refractivity contribution is 6.30. The lowest BCUT2D eigenvalue weighted by atomic mass is 9.74. The Balaban J connectivity index is 1.33. The number of piperidine rings is 1. The molecular formula is C26H26ClN3O. The minimum absolute atomic E-state index is 0.0236. The zero-order valence-electron chi connectivity index (χ0n) is 17.7. The molecule has 3 fully saturated rings. The van der Waals surface area contributed by atoms with Crippen LogP contribution in [0, 0.1) is 17.2 Å². The minimum Gasteiger partial charge on any atom is -0.337 e. The molecule has 6 atom stereocenters. The smallest absolute Gasteiger partial charge is 0.156 e. The molecule has 6 unspecified atom stereocenters. The van der Waals surface area contributed by atoms with Gasteiger partial charge in [0.25, 0.3) is 0 Å². The number of Topliss-reactive ketones (excluding diaryl/α,β-unsaturated/α-hetero) is 1. The Morgan fingerprint density at radius 2 is 2.00 bits per heavy atom. The standard InChI is InChI=1S/C26H26ClN3O/c1-16-25(23(31)15-29-24-9-3-18-10-12-26(18,24)29)21-8-2-17(11-13-28)14-22(21)30(16)20-6-4-19(27)5-7-20/h2,4-8,14,16,18,24-25H,3,9-12,15H2,1H3. The van der Waals surface area contributed by atoms with E-state index in [1.165, 1.54) is 25.7 Å². The Labute approximate surface area is 188 Å². The number of fused-ring (bicyclic) bond motifs is 1. The Kier molecular flexibility index (Phi) is 4.26. The predicted octanol–water partition coefficient (Wildman–Crippen LogP) is 5.23. The summed E-state index contributed by atoms with van der Waals surface area (Å²) in [6, 6.07) is 16.9. The van der Waals surface area contributed by atoms with Crippen LogP contribution < -0.4 is 4.90 Å². The van der Waals surface area contributed by atoms with E-state index in [1.807, 2.05) is 30.3 Å². The van der Waals surface area contributed by atoms with Crippen LogP contribution >= 0.6 is 11.6 Å². The Hall–Kier alpha value is -2.35. The lowest BCUT2D eigenvalue weighted by Crippen LogP contribution is -2.40. The van der Waals surface area contributed by atoms with Crippen LogP contribution in [-0.4, -0.2) is 34.9 Å². The fourth-order valence-corrected chi connectivity index (χ4v) is 7.05. The molecule has 2 aliphatic heterocycles. The van der Waals surface area contributed by atoms with Gasteiger partial charge in [-0.05, 0) is 80.0 Å². The third kappa shape index (κ3) is 2.66. The van der Waals surface area contributed by atoms with E-state index < -0.39 is 0 Å². The molecule has 0 radical (unpaired) electrons. The van der Waals surface area contributed by atoms with Gasteiger partial charge in [0.05, 0.1) is 25.0 Å². The van der Waals surface area contributed by atoms with Gasteiger partial charge in [-0.1, -0.05) is 23.7 Å². The SMILES string of the molecule is CC1C(C(=O)CN2C3CCC4CCC432)c2ccc(CC#N)cc2N1c1ccc(Cl)cc1. The van der Waals surface area contributed by atoms with Crippen LogP contribution in [0.3, 0.4) is 0 Å². The molecule has 6 rings (SSSR count). The zero-order valence-corrected chi connectivity index (χ0v) is 18.5. The predicted molar refractivity (Wildman–Crippen MR) is 122 cm³/mol. The molecule has 4 aliphatic rings. The van der Waals surface area contributed by atoms with E-state index in [1.54, 1.807) is 0 Å². The number of rotatable bonds is 5. The van der Waals surface area contributed by atoms with Crippen molar-refractivity contribution in [2.45, 2.75) is 62.6 Å². The van der Waals surface area contributed by atoms with Crippen LogP contribution in [0.4, 0.5) is 11.4 Å². The van der Waals surface area contributed by atoms with Crippen molar-refractivity contribution in [1.82, 2.24) is 4.90 Å². The monoisotopic (exact) mass is 431 g/mol. The number of likely N-dealkylation sites (tertiary alicyclic amines) is 1. The highest BCUT2D eigenvalue weighted by Crippen LogP contribution is 2.66. The third-order valence-corrected chi connectivity index (χ3v) is 8.70. The summed E-state index contributed by atoms with van der Waals surface area (Å²) < 4.78 is 0. The highest BCUT2D eigenvalue weighted by Gasteiger charge is 2.73. The van der Waals surface area contributed by atoms with Gasteiger partial charge in [0.1, 0.15) is 0 Å². The zero-order chi connectivity index (χ0) is 21.3. The number of nitriles is 1.